The fraction of sp³-hybridized carbons (Fsp3) is 0.800. The Morgan fingerprint density at radius 3 is 2.73 bits per heavy atom. The van der Waals surface area contributed by atoms with Crippen molar-refractivity contribution in [2.24, 2.45) is 5.92 Å². The van der Waals surface area contributed by atoms with E-state index in [0.29, 0.717) is 18.4 Å². The topological polar surface area (TPSA) is 39.9 Å². The van der Waals surface area contributed by atoms with Gasteiger partial charge in [-0.1, -0.05) is 19.1 Å². The second-order valence-corrected chi connectivity index (χ2v) is 4.20. The van der Waals surface area contributed by atoms with Gasteiger partial charge in [-0.25, -0.2) is 4.68 Å². The minimum absolute atomic E-state index is 0.414. The quantitative estimate of drug-likeness (QED) is 0.702. The normalized spacial score (nSPS) is 11.3. The number of hydrogen-bond acceptors (Lipinski definition) is 3. The van der Waals surface area contributed by atoms with Crippen LogP contribution in [0.1, 0.15) is 25.2 Å². The third-order valence-corrected chi connectivity index (χ3v) is 2.38. The molecule has 0 bridgehead atoms. The van der Waals surface area contributed by atoms with Gasteiger partial charge in [-0.3, -0.25) is 0 Å². The SMILES string of the molecule is COCCc1c(CCl)nnn1CC(C)C. The average molecular weight is 232 g/mol. The first kappa shape index (κ1) is 12.5. The number of methoxy groups -OCH3 is 1. The molecule has 5 heteroatoms. The van der Waals surface area contributed by atoms with Gasteiger partial charge in [-0.2, -0.15) is 0 Å². The van der Waals surface area contributed by atoms with Gasteiger partial charge in [0.1, 0.15) is 5.69 Å². The molecular weight excluding hydrogens is 214 g/mol. The van der Waals surface area contributed by atoms with E-state index in [9.17, 15) is 0 Å². The molecular formula is C10H18ClN3O. The van der Waals surface area contributed by atoms with Crippen LogP contribution in [0.2, 0.25) is 0 Å². The summed E-state index contributed by atoms with van der Waals surface area (Å²) in [7, 11) is 1.69. The predicted octanol–water partition coefficient (Wildman–Crippen LogP) is 1.86. The van der Waals surface area contributed by atoms with E-state index in [1.807, 2.05) is 4.68 Å². The van der Waals surface area contributed by atoms with Crippen molar-refractivity contribution in [2.45, 2.75) is 32.7 Å². The monoisotopic (exact) mass is 231 g/mol. The molecule has 4 nitrogen and oxygen atoms in total. The molecule has 0 fully saturated rings. The van der Waals surface area contributed by atoms with Gasteiger partial charge in [0.15, 0.2) is 0 Å². The fourth-order valence-electron chi connectivity index (χ4n) is 1.44. The minimum atomic E-state index is 0.414. The molecule has 0 aliphatic rings. The van der Waals surface area contributed by atoms with Gasteiger partial charge in [0.2, 0.25) is 0 Å². The first-order valence-electron chi connectivity index (χ1n) is 5.15. The maximum Gasteiger partial charge on any atom is 0.101 e. The molecule has 0 saturated heterocycles. The number of ether oxygens (including phenoxy) is 1. The van der Waals surface area contributed by atoms with Crippen molar-refractivity contribution in [3.63, 3.8) is 0 Å². The van der Waals surface area contributed by atoms with E-state index in [4.69, 9.17) is 16.3 Å². The van der Waals surface area contributed by atoms with E-state index >= 15 is 0 Å². The number of hydrogen-bond donors (Lipinski definition) is 0. The van der Waals surface area contributed by atoms with Crippen molar-refractivity contribution in [3.05, 3.63) is 11.4 Å². The highest BCUT2D eigenvalue weighted by atomic mass is 35.5. The summed E-state index contributed by atoms with van der Waals surface area (Å²) in [5, 5.41) is 8.17. The minimum Gasteiger partial charge on any atom is -0.384 e. The first-order valence-corrected chi connectivity index (χ1v) is 5.68. The molecule has 1 heterocycles. The molecule has 0 atom stereocenters. The van der Waals surface area contributed by atoms with E-state index < -0.39 is 0 Å². The van der Waals surface area contributed by atoms with E-state index in [1.165, 1.54) is 0 Å². The lowest BCUT2D eigenvalue weighted by molar-refractivity contribution is 0.199. The number of nitrogens with zero attached hydrogens (tertiary/aromatic N) is 3. The molecule has 0 spiro atoms. The smallest absolute Gasteiger partial charge is 0.101 e. The lowest BCUT2D eigenvalue weighted by Crippen LogP contribution is -2.12. The molecule has 0 unspecified atom stereocenters. The van der Waals surface area contributed by atoms with Gasteiger partial charge >= 0.3 is 0 Å². The molecule has 15 heavy (non-hydrogen) atoms. The number of rotatable bonds is 6. The molecule has 0 saturated carbocycles. The molecule has 0 aromatic carbocycles. The van der Waals surface area contributed by atoms with E-state index in [-0.39, 0.29) is 0 Å². The summed E-state index contributed by atoms with van der Waals surface area (Å²) < 4.78 is 6.99. The van der Waals surface area contributed by atoms with Crippen molar-refractivity contribution in [3.8, 4) is 0 Å². The zero-order chi connectivity index (χ0) is 11.3. The number of halogens is 1. The first-order chi connectivity index (χ1) is 7.19. The summed E-state index contributed by atoms with van der Waals surface area (Å²) in [5.74, 6) is 0.966. The Balaban J connectivity index is 2.79. The Hall–Kier alpha value is -0.610. The highest BCUT2D eigenvalue weighted by molar-refractivity contribution is 6.16. The van der Waals surface area contributed by atoms with Crippen LogP contribution in [-0.4, -0.2) is 28.7 Å². The lowest BCUT2D eigenvalue weighted by Gasteiger charge is -2.09. The number of alkyl halides is 1. The maximum absolute atomic E-state index is 5.80. The van der Waals surface area contributed by atoms with Crippen molar-refractivity contribution >= 4 is 11.6 Å². The average Bonchev–Trinajstić information content (AvgIpc) is 2.56. The Morgan fingerprint density at radius 1 is 1.47 bits per heavy atom. The van der Waals surface area contributed by atoms with Crippen LogP contribution in [0.4, 0.5) is 0 Å². The highest BCUT2D eigenvalue weighted by Gasteiger charge is 2.12. The summed E-state index contributed by atoms with van der Waals surface area (Å²) in [5.41, 5.74) is 1.97. The molecule has 0 aliphatic heterocycles. The second kappa shape index (κ2) is 6.08. The van der Waals surface area contributed by atoms with Gasteiger partial charge < -0.3 is 4.74 Å². The Kier molecular flexibility index (Phi) is 5.05. The third kappa shape index (κ3) is 3.47. The van der Waals surface area contributed by atoms with Crippen molar-refractivity contribution in [2.75, 3.05) is 13.7 Å². The van der Waals surface area contributed by atoms with Crippen LogP contribution in [-0.2, 0) is 23.6 Å². The van der Waals surface area contributed by atoms with Crippen LogP contribution >= 0.6 is 11.6 Å². The van der Waals surface area contributed by atoms with Gasteiger partial charge in [0.05, 0.1) is 18.2 Å². The third-order valence-electron chi connectivity index (χ3n) is 2.13. The van der Waals surface area contributed by atoms with E-state index in [2.05, 4.69) is 24.2 Å². The van der Waals surface area contributed by atoms with Crippen molar-refractivity contribution in [1.29, 1.82) is 0 Å². The summed E-state index contributed by atoms with van der Waals surface area (Å²) in [6.07, 6.45) is 0.818. The Bertz CT molecular complexity index is 299. The highest BCUT2D eigenvalue weighted by Crippen LogP contribution is 2.11. The summed E-state index contributed by atoms with van der Waals surface area (Å²) >= 11 is 5.80. The lowest BCUT2D eigenvalue weighted by atomic mass is 10.2. The summed E-state index contributed by atoms with van der Waals surface area (Å²) in [4.78, 5) is 0. The van der Waals surface area contributed by atoms with Crippen LogP contribution in [0.5, 0.6) is 0 Å². The largest absolute Gasteiger partial charge is 0.384 e. The van der Waals surface area contributed by atoms with Crippen LogP contribution in [0.15, 0.2) is 0 Å². The van der Waals surface area contributed by atoms with Crippen LogP contribution in [0.25, 0.3) is 0 Å². The van der Waals surface area contributed by atoms with Gasteiger partial charge in [-0.05, 0) is 5.92 Å². The zero-order valence-electron chi connectivity index (χ0n) is 9.53. The van der Waals surface area contributed by atoms with Crippen molar-refractivity contribution in [1.82, 2.24) is 15.0 Å². The fourth-order valence-corrected chi connectivity index (χ4v) is 1.64. The molecule has 0 N–H and O–H groups in total. The van der Waals surface area contributed by atoms with Gasteiger partial charge in [-0.15, -0.1) is 16.7 Å². The number of aromatic nitrogens is 3. The van der Waals surface area contributed by atoms with Gasteiger partial charge in [0, 0.05) is 20.1 Å². The molecule has 1 aromatic heterocycles. The predicted molar refractivity (Wildman–Crippen MR) is 60.0 cm³/mol. The molecule has 1 aromatic rings. The summed E-state index contributed by atoms with van der Waals surface area (Å²) in [6.45, 7) is 5.86. The maximum atomic E-state index is 5.80. The summed E-state index contributed by atoms with van der Waals surface area (Å²) in [6, 6.07) is 0. The standard InChI is InChI=1S/C10H18ClN3O/c1-8(2)7-14-10(4-5-15-3)9(6-11)12-13-14/h8H,4-7H2,1-3H3. The zero-order valence-corrected chi connectivity index (χ0v) is 10.3. The van der Waals surface area contributed by atoms with Crippen molar-refractivity contribution < 1.29 is 4.74 Å². The van der Waals surface area contributed by atoms with E-state index in [1.54, 1.807) is 7.11 Å². The van der Waals surface area contributed by atoms with E-state index in [0.717, 1.165) is 24.4 Å². The van der Waals surface area contributed by atoms with Crippen LogP contribution in [0, 0.1) is 5.92 Å². The van der Waals surface area contributed by atoms with Crippen LogP contribution in [0.3, 0.4) is 0 Å². The molecule has 86 valence electrons. The Morgan fingerprint density at radius 2 is 2.20 bits per heavy atom. The van der Waals surface area contributed by atoms with Gasteiger partial charge in [0.25, 0.3) is 0 Å². The Labute approximate surface area is 95.6 Å². The molecule has 0 radical (unpaired) electrons. The molecule has 0 aliphatic carbocycles. The molecule has 0 amide bonds. The van der Waals surface area contributed by atoms with Crippen LogP contribution < -0.4 is 0 Å². The second-order valence-electron chi connectivity index (χ2n) is 3.94. The molecule has 1 rings (SSSR count).